The van der Waals surface area contributed by atoms with E-state index in [0.717, 1.165) is 13.1 Å². The van der Waals surface area contributed by atoms with Crippen molar-refractivity contribution < 1.29 is 4.74 Å². The summed E-state index contributed by atoms with van der Waals surface area (Å²) in [6.45, 7) is 6.64. The van der Waals surface area contributed by atoms with Crippen molar-refractivity contribution in [1.29, 1.82) is 0 Å². The molecule has 0 radical (unpaired) electrons. The monoisotopic (exact) mass is 143 g/mol. The van der Waals surface area contributed by atoms with Gasteiger partial charge in [0, 0.05) is 20.2 Å². The van der Waals surface area contributed by atoms with Gasteiger partial charge < -0.3 is 9.64 Å². The zero-order valence-electron chi connectivity index (χ0n) is 7.35. The summed E-state index contributed by atoms with van der Waals surface area (Å²) in [4.78, 5) is 2.31. The predicted molar refractivity (Wildman–Crippen MR) is 42.1 cm³/mol. The third-order valence-electron chi connectivity index (χ3n) is 2.68. The summed E-state index contributed by atoms with van der Waals surface area (Å²) in [7, 11) is 3.94. The fourth-order valence-corrected chi connectivity index (χ4v) is 1.68. The Bertz CT molecular complexity index is 126. The highest BCUT2D eigenvalue weighted by Crippen LogP contribution is 2.28. The van der Waals surface area contributed by atoms with Gasteiger partial charge in [-0.1, -0.05) is 6.92 Å². The maximum absolute atomic E-state index is 5.44. The topological polar surface area (TPSA) is 12.5 Å². The summed E-state index contributed by atoms with van der Waals surface area (Å²) < 4.78 is 5.44. The minimum Gasteiger partial charge on any atom is -0.377 e. The van der Waals surface area contributed by atoms with Crippen LogP contribution in [-0.2, 0) is 4.74 Å². The molecule has 0 spiro atoms. The van der Waals surface area contributed by atoms with Crippen LogP contribution in [0.1, 0.15) is 13.8 Å². The van der Waals surface area contributed by atoms with Crippen molar-refractivity contribution in [3.63, 3.8) is 0 Å². The average Bonchev–Trinajstić information content (AvgIpc) is 2.09. The number of likely N-dealkylation sites (N-methyl/N-ethyl adjacent to an activating group) is 1. The van der Waals surface area contributed by atoms with E-state index in [2.05, 4.69) is 25.8 Å². The van der Waals surface area contributed by atoms with Crippen LogP contribution in [-0.4, -0.2) is 37.7 Å². The van der Waals surface area contributed by atoms with Crippen LogP contribution in [0.15, 0.2) is 0 Å². The molecule has 1 saturated heterocycles. The first kappa shape index (κ1) is 8.02. The third-order valence-corrected chi connectivity index (χ3v) is 2.68. The fourth-order valence-electron chi connectivity index (χ4n) is 1.68. The SMILES string of the molecule is CO[C@@]1(C)CN(C)C[C@H]1C. The lowest BCUT2D eigenvalue weighted by molar-refractivity contribution is -0.0112. The van der Waals surface area contributed by atoms with Crippen LogP contribution < -0.4 is 0 Å². The molecule has 1 aliphatic rings. The molecule has 0 aromatic rings. The van der Waals surface area contributed by atoms with Gasteiger partial charge in [0.25, 0.3) is 0 Å². The van der Waals surface area contributed by atoms with E-state index < -0.39 is 0 Å². The molecule has 0 unspecified atom stereocenters. The second-order valence-electron chi connectivity index (χ2n) is 3.61. The Labute approximate surface area is 63.2 Å². The van der Waals surface area contributed by atoms with E-state index in [9.17, 15) is 0 Å². The number of ether oxygens (including phenoxy) is 1. The maximum atomic E-state index is 5.44. The van der Waals surface area contributed by atoms with E-state index in [0.29, 0.717) is 5.92 Å². The molecule has 0 bridgehead atoms. The number of hydrogen-bond acceptors (Lipinski definition) is 2. The molecule has 2 atom stereocenters. The van der Waals surface area contributed by atoms with Gasteiger partial charge in [-0.2, -0.15) is 0 Å². The summed E-state index contributed by atoms with van der Waals surface area (Å²) in [5, 5.41) is 0. The van der Waals surface area contributed by atoms with Crippen molar-refractivity contribution in [2.75, 3.05) is 27.2 Å². The highest BCUT2D eigenvalue weighted by Gasteiger charge is 2.38. The lowest BCUT2D eigenvalue weighted by Gasteiger charge is -2.26. The Morgan fingerprint density at radius 1 is 1.60 bits per heavy atom. The Morgan fingerprint density at radius 2 is 2.20 bits per heavy atom. The van der Waals surface area contributed by atoms with Crippen molar-refractivity contribution in [3.8, 4) is 0 Å². The Balaban J connectivity index is 2.61. The zero-order valence-corrected chi connectivity index (χ0v) is 7.35. The second-order valence-corrected chi connectivity index (χ2v) is 3.61. The van der Waals surface area contributed by atoms with E-state index in [1.165, 1.54) is 0 Å². The molecule has 2 nitrogen and oxygen atoms in total. The molecule has 2 heteroatoms. The minimum absolute atomic E-state index is 0.0920. The van der Waals surface area contributed by atoms with Gasteiger partial charge in [-0.3, -0.25) is 0 Å². The first-order valence-electron chi connectivity index (χ1n) is 3.82. The van der Waals surface area contributed by atoms with E-state index in [4.69, 9.17) is 4.74 Å². The van der Waals surface area contributed by atoms with E-state index in [1.807, 2.05) is 0 Å². The van der Waals surface area contributed by atoms with Gasteiger partial charge >= 0.3 is 0 Å². The van der Waals surface area contributed by atoms with E-state index >= 15 is 0 Å². The van der Waals surface area contributed by atoms with Crippen molar-refractivity contribution >= 4 is 0 Å². The highest BCUT2D eigenvalue weighted by atomic mass is 16.5. The van der Waals surface area contributed by atoms with Gasteiger partial charge in [0.15, 0.2) is 0 Å². The summed E-state index contributed by atoms with van der Waals surface area (Å²) >= 11 is 0. The molecule has 0 saturated carbocycles. The molecule has 0 aromatic carbocycles. The molecule has 0 aromatic heterocycles. The van der Waals surface area contributed by atoms with Gasteiger partial charge in [0.1, 0.15) is 0 Å². The van der Waals surface area contributed by atoms with Gasteiger partial charge in [0.2, 0.25) is 0 Å². The Hall–Kier alpha value is -0.0800. The summed E-state index contributed by atoms with van der Waals surface area (Å²) in [5.74, 6) is 0.655. The van der Waals surface area contributed by atoms with Crippen molar-refractivity contribution in [2.24, 2.45) is 5.92 Å². The van der Waals surface area contributed by atoms with Crippen LogP contribution >= 0.6 is 0 Å². The molecule has 0 aliphatic carbocycles. The van der Waals surface area contributed by atoms with E-state index in [1.54, 1.807) is 7.11 Å². The van der Waals surface area contributed by atoms with Crippen LogP contribution in [0, 0.1) is 5.92 Å². The molecule has 1 fully saturated rings. The molecule has 1 rings (SSSR count). The molecule has 0 N–H and O–H groups in total. The highest BCUT2D eigenvalue weighted by molar-refractivity contribution is 4.91. The van der Waals surface area contributed by atoms with Gasteiger partial charge in [-0.15, -0.1) is 0 Å². The Kier molecular flexibility index (Phi) is 2.02. The van der Waals surface area contributed by atoms with Crippen LogP contribution in [0.2, 0.25) is 0 Å². The molecular formula is C8H17NO. The van der Waals surface area contributed by atoms with Crippen molar-refractivity contribution in [1.82, 2.24) is 4.90 Å². The van der Waals surface area contributed by atoms with Gasteiger partial charge in [-0.05, 0) is 19.9 Å². The number of methoxy groups -OCH3 is 1. The normalized spacial score (nSPS) is 42.6. The van der Waals surface area contributed by atoms with Gasteiger partial charge in [0.05, 0.1) is 5.60 Å². The smallest absolute Gasteiger partial charge is 0.0814 e. The van der Waals surface area contributed by atoms with Crippen LogP contribution in [0.4, 0.5) is 0 Å². The minimum atomic E-state index is 0.0920. The summed E-state index contributed by atoms with van der Waals surface area (Å²) in [6.07, 6.45) is 0. The Morgan fingerprint density at radius 3 is 2.40 bits per heavy atom. The number of likely N-dealkylation sites (tertiary alicyclic amines) is 1. The van der Waals surface area contributed by atoms with E-state index in [-0.39, 0.29) is 5.60 Å². The summed E-state index contributed by atoms with van der Waals surface area (Å²) in [5.41, 5.74) is 0.0920. The van der Waals surface area contributed by atoms with Crippen LogP contribution in [0.3, 0.4) is 0 Å². The first-order valence-corrected chi connectivity index (χ1v) is 3.82. The van der Waals surface area contributed by atoms with Crippen LogP contribution in [0.25, 0.3) is 0 Å². The lowest BCUT2D eigenvalue weighted by Crippen LogP contribution is -2.35. The van der Waals surface area contributed by atoms with Crippen molar-refractivity contribution in [2.45, 2.75) is 19.4 Å². The van der Waals surface area contributed by atoms with Crippen LogP contribution in [0.5, 0.6) is 0 Å². The molecule has 0 amide bonds. The third kappa shape index (κ3) is 1.18. The fraction of sp³-hybridized carbons (Fsp3) is 1.00. The quantitative estimate of drug-likeness (QED) is 0.542. The number of hydrogen-bond donors (Lipinski definition) is 0. The summed E-state index contributed by atoms with van der Waals surface area (Å²) in [6, 6.07) is 0. The number of nitrogens with zero attached hydrogens (tertiary/aromatic N) is 1. The molecule has 1 aliphatic heterocycles. The molecule has 10 heavy (non-hydrogen) atoms. The largest absolute Gasteiger partial charge is 0.377 e. The number of rotatable bonds is 1. The van der Waals surface area contributed by atoms with Crippen molar-refractivity contribution in [3.05, 3.63) is 0 Å². The zero-order chi connectivity index (χ0) is 7.78. The first-order chi connectivity index (χ1) is 4.58. The maximum Gasteiger partial charge on any atom is 0.0814 e. The standard InChI is InChI=1S/C8H17NO/c1-7-5-9(3)6-8(7,2)10-4/h7H,5-6H2,1-4H3/t7-,8+/m1/s1. The lowest BCUT2D eigenvalue weighted by atomic mass is 9.95. The second kappa shape index (κ2) is 2.51. The predicted octanol–water partition coefficient (Wildman–Crippen LogP) is 0.973. The molecule has 60 valence electrons. The molecular weight excluding hydrogens is 126 g/mol. The molecule has 1 heterocycles. The van der Waals surface area contributed by atoms with Gasteiger partial charge in [-0.25, -0.2) is 0 Å². The average molecular weight is 143 g/mol.